The topological polar surface area (TPSA) is 68.7 Å². The average Bonchev–Trinajstić information content (AvgIpc) is 2.77. The van der Waals surface area contributed by atoms with E-state index in [9.17, 15) is 18.0 Å². The summed E-state index contributed by atoms with van der Waals surface area (Å²) in [5, 5.41) is 9.23. The van der Waals surface area contributed by atoms with Crippen LogP contribution < -0.4 is 9.47 Å². The smallest absolute Gasteiger partial charge is 0.433 e. The van der Waals surface area contributed by atoms with Crippen molar-refractivity contribution in [3.05, 3.63) is 65.4 Å². The van der Waals surface area contributed by atoms with Crippen molar-refractivity contribution in [2.75, 3.05) is 6.61 Å². The van der Waals surface area contributed by atoms with E-state index in [4.69, 9.17) is 14.6 Å². The van der Waals surface area contributed by atoms with Crippen molar-refractivity contribution in [2.45, 2.75) is 51.8 Å². The number of hydrogen-bond acceptors (Lipinski definition) is 4. The molecular formula is C25H26F3NO4. The van der Waals surface area contributed by atoms with E-state index in [1.165, 1.54) is 0 Å². The number of carboxylic acid groups (broad SMARTS) is 1. The summed E-state index contributed by atoms with van der Waals surface area (Å²) in [5.74, 6) is -0.00975. The number of halogens is 3. The molecule has 1 heterocycles. The van der Waals surface area contributed by atoms with Crippen LogP contribution >= 0.6 is 0 Å². The van der Waals surface area contributed by atoms with Crippen molar-refractivity contribution in [3.63, 3.8) is 0 Å². The van der Waals surface area contributed by atoms with Gasteiger partial charge in [0.15, 0.2) is 0 Å². The zero-order chi connectivity index (χ0) is 23.8. The minimum atomic E-state index is -4.56. The Bertz CT molecular complexity index is 1080. The SMILES string of the molecule is CCCCOc1cc(C(F)(F)F)nc2ccc(COc3ccc(CCCC(=O)O)cc3)cc12. The summed E-state index contributed by atoms with van der Waals surface area (Å²) in [4.78, 5) is 14.4. The number of rotatable bonds is 11. The van der Waals surface area contributed by atoms with Crippen LogP contribution in [0.25, 0.3) is 10.9 Å². The first-order valence-electron chi connectivity index (χ1n) is 10.8. The van der Waals surface area contributed by atoms with Gasteiger partial charge in [0.05, 0.1) is 12.1 Å². The van der Waals surface area contributed by atoms with Crippen LogP contribution in [-0.4, -0.2) is 22.7 Å². The van der Waals surface area contributed by atoms with Gasteiger partial charge >= 0.3 is 12.1 Å². The number of unbranched alkanes of at least 4 members (excludes halogenated alkanes) is 1. The first-order chi connectivity index (χ1) is 15.8. The largest absolute Gasteiger partial charge is 0.493 e. The quantitative estimate of drug-likeness (QED) is 0.334. The van der Waals surface area contributed by atoms with E-state index in [0.29, 0.717) is 30.6 Å². The zero-order valence-corrected chi connectivity index (χ0v) is 18.3. The minimum Gasteiger partial charge on any atom is -0.493 e. The first-order valence-corrected chi connectivity index (χ1v) is 10.8. The molecule has 0 fully saturated rings. The third-order valence-electron chi connectivity index (χ3n) is 5.07. The Hall–Kier alpha value is -3.29. The van der Waals surface area contributed by atoms with Gasteiger partial charge in [-0.05, 0) is 54.7 Å². The predicted molar refractivity (Wildman–Crippen MR) is 118 cm³/mol. The molecule has 2 aromatic carbocycles. The lowest BCUT2D eigenvalue weighted by Crippen LogP contribution is -2.09. The van der Waals surface area contributed by atoms with E-state index in [0.717, 1.165) is 30.0 Å². The molecule has 0 saturated carbocycles. The molecule has 3 rings (SSSR count). The molecule has 0 unspecified atom stereocenters. The summed E-state index contributed by atoms with van der Waals surface area (Å²) in [5.41, 5.74) is 1.03. The third-order valence-corrected chi connectivity index (χ3v) is 5.07. The van der Waals surface area contributed by atoms with E-state index < -0.39 is 17.8 Å². The molecule has 0 atom stereocenters. The lowest BCUT2D eigenvalue weighted by atomic mass is 10.1. The fourth-order valence-electron chi connectivity index (χ4n) is 3.29. The van der Waals surface area contributed by atoms with E-state index in [-0.39, 0.29) is 24.3 Å². The maximum Gasteiger partial charge on any atom is 0.433 e. The molecule has 0 aliphatic carbocycles. The van der Waals surface area contributed by atoms with Crippen LogP contribution in [0, 0.1) is 0 Å². The number of pyridine rings is 1. The van der Waals surface area contributed by atoms with Crippen molar-refractivity contribution in [2.24, 2.45) is 0 Å². The maximum atomic E-state index is 13.2. The number of fused-ring (bicyclic) bond motifs is 1. The molecule has 0 aliphatic heterocycles. The summed E-state index contributed by atoms with van der Waals surface area (Å²) in [6, 6.07) is 13.3. The van der Waals surface area contributed by atoms with E-state index in [2.05, 4.69) is 4.98 Å². The van der Waals surface area contributed by atoms with Crippen molar-refractivity contribution >= 4 is 16.9 Å². The Morgan fingerprint density at radius 2 is 1.73 bits per heavy atom. The highest BCUT2D eigenvalue weighted by Crippen LogP contribution is 2.35. The van der Waals surface area contributed by atoms with Gasteiger partial charge in [-0.1, -0.05) is 31.5 Å². The molecule has 5 nitrogen and oxygen atoms in total. The summed E-state index contributed by atoms with van der Waals surface area (Å²) in [6.45, 7) is 2.53. The van der Waals surface area contributed by atoms with Gasteiger partial charge in [-0.15, -0.1) is 0 Å². The fourth-order valence-corrected chi connectivity index (χ4v) is 3.29. The molecule has 33 heavy (non-hydrogen) atoms. The Kier molecular flexibility index (Phi) is 8.14. The molecular weight excluding hydrogens is 435 g/mol. The molecule has 0 amide bonds. The summed E-state index contributed by atoms with van der Waals surface area (Å²) in [6.07, 6.45) is -1.58. The van der Waals surface area contributed by atoms with Crippen molar-refractivity contribution in [3.8, 4) is 11.5 Å². The van der Waals surface area contributed by atoms with Gasteiger partial charge in [-0.2, -0.15) is 13.2 Å². The molecule has 0 spiro atoms. The highest BCUT2D eigenvalue weighted by Gasteiger charge is 2.33. The molecule has 3 aromatic rings. The highest BCUT2D eigenvalue weighted by molar-refractivity contribution is 5.86. The van der Waals surface area contributed by atoms with Gasteiger partial charge in [0, 0.05) is 17.9 Å². The highest BCUT2D eigenvalue weighted by atomic mass is 19.4. The first kappa shape index (κ1) is 24.4. The molecule has 0 aliphatic rings. The Balaban J connectivity index is 1.73. The summed E-state index contributed by atoms with van der Waals surface area (Å²) < 4.78 is 51.2. The van der Waals surface area contributed by atoms with Crippen LogP contribution in [0.15, 0.2) is 48.5 Å². The molecule has 0 radical (unpaired) electrons. The van der Waals surface area contributed by atoms with Gasteiger partial charge < -0.3 is 14.6 Å². The fraction of sp³-hybridized carbons (Fsp3) is 0.360. The third kappa shape index (κ3) is 7.10. The van der Waals surface area contributed by atoms with Crippen molar-refractivity contribution in [1.82, 2.24) is 4.98 Å². The lowest BCUT2D eigenvalue weighted by molar-refractivity contribution is -0.141. The number of ether oxygens (including phenoxy) is 2. The average molecular weight is 461 g/mol. The monoisotopic (exact) mass is 461 g/mol. The second kappa shape index (κ2) is 11.0. The molecule has 1 aromatic heterocycles. The Morgan fingerprint density at radius 3 is 2.39 bits per heavy atom. The van der Waals surface area contributed by atoms with Gasteiger partial charge in [-0.3, -0.25) is 4.79 Å². The number of aliphatic carboxylic acids is 1. The summed E-state index contributed by atoms with van der Waals surface area (Å²) in [7, 11) is 0. The van der Waals surface area contributed by atoms with E-state index in [1.807, 2.05) is 31.2 Å². The van der Waals surface area contributed by atoms with E-state index in [1.54, 1.807) is 18.2 Å². The minimum absolute atomic E-state index is 0.129. The Labute approximate surface area is 190 Å². The predicted octanol–water partition coefficient (Wildman–Crippen LogP) is 6.42. The van der Waals surface area contributed by atoms with Crippen LogP contribution in [0.4, 0.5) is 13.2 Å². The number of hydrogen-bond donors (Lipinski definition) is 1. The number of benzene rings is 2. The Morgan fingerprint density at radius 1 is 1.00 bits per heavy atom. The van der Waals surface area contributed by atoms with E-state index >= 15 is 0 Å². The number of aromatic nitrogens is 1. The van der Waals surface area contributed by atoms with Crippen LogP contribution in [0.2, 0.25) is 0 Å². The normalized spacial score (nSPS) is 11.5. The van der Waals surface area contributed by atoms with Crippen molar-refractivity contribution < 1.29 is 32.5 Å². The molecule has 176 valence electrons. The zero-order valence-electron chi connectivity index (χ0n) is 18.3. The standard InChI is InChI=1S/C25H26F3NO4/c1-2-3-13-32-22-15-23(25(26,27)28)29-21-12-9-18(14-20(21)22)16-33-19-10-7-17(8-11-19)5-4-6-24(30)31/h7-12,14-15H,2-6,13,16H2,1H3,(H,30,31). The van der Waals surface area contributed by atoms with Gasteiger partial charge in [-0.25, -0.2) is 4.98 Å². The molecule has 8 heteroatoms. The van der Waals surface area contributed by atoms with Gasteiger partial charge in [0.2, 0.25) is 0 Å². The maximum absolute atomic E-state index is 13.2. The number of nitrogens with zero attached hydrogens (tertiary/aromatic N) is 1. The van der Waals surface area contributed by atoms with Crippen molar-refractivity contribution in [1.29, 1.82) is 0 Å². The van der Waals surface area contributed by atoms with Crippen LogP contribution in [0.5, 0.6) is 11.5 Å². The lowest BCUT2D eigenvalue weighted by Gasteiger charge is -2.14. The number of carboxylic acids is 1. The number of aryl methyl sites for hydroxylation is 1. The second-order valence-corrected chi connectivity index (χ2v) is 7.74. The summed E-state index contributed by atoms with van der Waals surface area (Å²) >= 11 is 0. The molecule has 0 bridgehead atoms. The van der Waals surface area contributed by atoms with Gasteiger partial charge in [0.25, 0.3) is 0 Å². The molecule has 1 N–H and O–H groups in total. The molecule has 0 saturated heterocycles. The number of alkyl halides is 3. The van der Waals surface area contributed by atoms with Crippen LogP contribution in [-0.2, 0) is 24.0 Å². The number of carbonyl (C=O) groups is 1. The van der Waals surface area contributed by atoms with Crippen LogP contribution in [0.3, 0.4) is 0 Å². The van der Waals surface area contributed by atoms with Crippen LogP contribution in [0.1, 0.15) is 49.4 Å². The van der Waals surface area contributed by atoms with Gasteiger partial charge in [0.1, 0.15) is 23.8 Å². The second-order valence-electron chi connectivity index (χ2n) is 7.74.